The van der Waals surface area contributed by atoms with Gasteiger partial charge in [0.05, 0.1) is 16.2 Å². The Morgan fingerprint density at radius 1 is 1.00 bits per heavy atom. The summed E-state index contributed by atoms with van der Waals surface area (Å²) in [6, 6.07) is 13.2. The maximum absolute atomic E-state index is 12.9. The molecule has 1 aromatic heterocycles. The van der Waals surface area contributed by atoms with E-state index in [1.54, 1.807) is 29.1 Å². The third kappa shape index (κ3) is 4.69. The lowest BCUT2D eigenvalue weighted by molar-refractivity contribution is -0.384. The van der Waals surface area contributed by atoms with E-state index < -0.39 is 16.7 Å². The van der Waals surface area contributed by atoms with Crippen LogP contribution in [-0.4, -0.2) is 14.7 Å². The quantitative estimate of drug-likeness (QED) is 0.361. The van der Waals surface area contributed by atoms with Crippen molar-refractivity contribution in [3.8, 4) is 11.3 Å². The minimum Gasteiger partial charge on any atom is -0.264 e. The Morgan fingerprint density at radius 2 is 1.60 bits per heavy atom. The van der Waals surface area contributed by atoms with E-state index in [-0.39, 0.29) is 17.0 Å². The molecule has 0 saturated heterocycles. The van der Waals surface area contributed by atoms with Crippen LogP contribution in [0.1, 0.15) is 37.8 Å². The van der Waals surface area contributed by atoms with Crippen LogP contribution in [-0.2, 0) is 12.7 Å². The van der Waals surface area contributed by atoms with E-state index in [0.717, 1.165) is 17.7 Å². The SMILES string of the molecule is CC(C)(C)C(Cn1nccc1-c1ccc(C(F)(F)F)cc1)c1ccc([N+](=O)[O-])cc1. The van der Waals surface area contributed by atoms with Crippen LogP contribution in [0.4, 0.5) is 18.9 Å². The molecule has 0 N–H and O–H groups in total. The average Bonchev–Trinajstić information content (AvgIpc) is 3.13. The predicted molar refractivity (Wildman–Crippen MR) is 108 cm³/mol. The van der Waals surface area contributed by atoms with Gasteiger partial charge in [0, 0.05) is 30.8 Å². The molecule has 0 aliphatic carbocycles. The van der Waals surface area contributed by atoms with E-state index in [0.29, 0.717) is 17.8 Å². The summed E-state index contributed by atoms with van der Waals surface area (Å²) in [7, 11) is 0. The maximum atomic E-state index is 12.9. The molecule has 0 radical (unpaired) electrons. The summed E-state index contributed by atoms with van der Waals surface area (Å²) in [5.74, 6) is -0.0218. The third-order valence-corrected chi connectivity index (χ3v) is 5.13. The van der Waals surface area contributed by atoms with Crippen LogP contribution in [0.5, 0.6) is 0 Å². The lowest BCUT2D eigenvalue weighted by Gasteiger charge is -2.31. The molecule has 0 saturated carbocycles. The highest BCUT2D eigenvalue weighted by molar-refractivity contribution is 5.59. The third-order valence-electron chi connectivity index (χ3n) is 5.13. The standard InChI is InChI=1S/C22H22F3N3O2/c1-21(2,3)19(15-6-10-18(11-7-15)28(29)30)14-27-20(12-13-26-27)16-4-8-17(9-5-16)22(23,24)25/h4-13,19H,14H2,1-3H3. The van der Waals surface area contributed by atoms with Gasteiger partial charge in [0.15, 0.2) is 0 Å². The van der Waals surface area contributed by atoms with Crippen molar-refractivity contribution in [3.63, 3.8) is 0 Å². The number of benzene rings is 2. The molecule has 0 amide bonds. The number of non-ortho nitro benzene ring substituents is 1. The first kappa shape index (κ1) is 21.5. The molecular weight excluding hydrogens is 395 g/mol. The largest absolute Gasteiger partial charge is 0.416 e. The van der Waals surface area contributed by atoms with E-state index >= 15 is 0 Å². The molecule has 0 aliphatic heterocycles. The van der Waals surface area contributed by atoms with Crippen LogP contribution >= 0.6 is 0 Å². The molecule has 30 heavy (non-hydrogen) atoms. The van der Waals surface area contributed by atoms with Gasteiger partial charge in [-0.05, 0) is 34.7 Å². The van der Waals surface area contributed by atoms with Crippen molar-refractivity contribution in [2.24, 2.45) is 5.41 Å². The van der Waals surface area contributed by atoms with Crippen molar-refractivity contribution >= 4 is 5.69 Å². The highest BCUT2D eigenvalue weighted by atomic mass is 19.4. The summed E-state index contributed by atoms with van der Waals surface area (Å²) in [4.78, 5) is 10.5. The zero-order valence-corrected chi connectivity index (χ0v) is 16.8. The fourth-order valence-electron chi connectivity index (χ4n) is 3.43. The Bertz CT molecular complexity index is 1020. The normalized spacial score (nSPS) is 13.3. The average molecular weight is 417 g/mol. The fourth-order valence-corrected chi connectivity index (χ4v) is 3.43. The van der Waals surface area contributed by atoms with E-state index in [2.05, 4.69) is 25.9 Å². The van der Waals surface area contributed by atoms with Crippen LogP contribution in [0.3, 0.4) is 0 Å². The molecule has 3 aromatic rings. The van der Waals surface area contributed by atoms with E-state index in [1.165, 1.54) is 24.3 Å². The van der Waals surface area contributed by atoms with Crippen LogP contribution < -0.4 is 0 Å². The van der Waals surface area contributed by atoms with Gasteiger partial charge in [-0.3, -0.25) is 14.8 Å². The molecule has 3 rings (SSSR count). The minimum absolute atomic E-state index is 0.0218. The number of rotatable bonds is 5. The van der Waals surface area contributed by atoms with Crippen LogP contribution in [0.15, 0.2) is 60.8 Å². The Morgan fingerprint density at radius 3 is 2.10 bits per heavy atom. The van der Waals surface area contributed by atoms with Crippen molar-refractivity contribution in [1.29, 1.82) is 0 Å². The monoisotopic (exact) mass is 417 g/mol. The number of halogens is 3. The Labute approximate surface area is 172 Å². The molecular formula is C22H22F3N3O2. The molecule has 158 valence electrons. The molecule has 0 spiro atoms. The molecule has 1 heterocycles. The number of nitro groups is 1. The van der Waals surface area contributed by atoms with Gasteiger partial charge in [0.25, 0.3) is 5.69 Å². The van der Waals surface area contributed by atoms with E-state index in [4.69, 9.17) is 0 Å². The molecule has 0 bridgehead atoms. The number of hydrogen-bond acceptors (Lipinski definition) is 3. The van der Waals surface area contributed by atoms with Crippen LogP contribution in [0.2, 0.25) is 0 Å². The number of aromatic nitrogens is 2. The summed E-state index contributed by atoms with van der Waals surface area (Å²) in [5.41, 5.74) is 1.42. The number of hydrogen-bond donors (Lipinski definition) is 0. The number of alkyl halides is 3. The molecule has 1 atom stereocenters. The predicted octanol–water partition coefficient (Wildman–Crippen LogP) is 6.31. The highest BCUT2D eigenvalue weighted by Crippen LogP contribution is 2.38. The van der Waals surface area contributed by atoms with Crippen molar-refractivity contribution in [1.82, 2.24) is 9.78 Å². The second kappa shape index (κ2) is 7.93. The van der Waals surface area contributed by atoms with Crippen molar-refractivity contribution < 1.29 is 18.1 Å². The zero-order chi connectivity index (χ0) is 22.1. The molecule has 8 heteroatoms. The highest BCUT2D eigenvalue weighted by Gasteiger charge is 2.31. The molecule has 2 aromatic carbocycles. The lowest BCUT2D eigenvalue weighted by Crippen LogP contribution is -2.24. The van der Waals surface area contributed by atoms with E-state index in [1.807, 2.05) is 0 Å². The molecule has 5 nitrogen and oxygen atoms in total. The summed E-state index contributed by atoms with van der Waals surface area (Å²) < 4.78 is 40.3. The van der Waals surface area contributed by atoms with Crippen LogP contribution in [0, 0.1) is 15.5 Å². The first-order valence-electron chi connectivity index (χ1n) is 9.40. The van der Waals surface area contributed by atoms with Crippen molar-refractivity contribution in [2.75, 3.05) is 0 Å². The van der Waals surface area contributed by atoms with Crippen molar-refractivity contribution in [2.45, 2.75) is 39.4 Å². The minimum atomic E-state index is -4.38. The van der Waals surface area contributed by atoms with Gasteiger partial charge >= 0.3 is 6.18 Å². The summed E-state index contributed by atoms with van der Waals surface area (Å²) in [6.45, 7) is 6.69. The van der Waals surface area contributed by atoms with Gasteiger partial charge in [-0.2, -0.15) is 18.3 Å². The van der Waals surface area contributed by atoms with Gasteiger partial charge in [0.2, 0.25) is 0 Å². The number of nitrogens with zero attached hydrogens (tertiary/aromatic N) is 3. The topological polar surface area (TPSA) is 61.0 Å². The van der Waals surface area contributed by atoms with Gasteiger partial charge in [0.1, 0.15) is 0 Å². The summed E-state index contributed by atoms with van der Waals surface area (Å²) in [5, 5.41) is 15.3. The Kier molecular flexibility index (Phi) is 5.70. The van der Waals surface area contributed by atoms with E-state index in [9.17, 15) is 23.3 Å². The van der Waals surface area contributed by atoms with Gasteiger partial charge in [-0.1, -0.05) is 45.0 Å². The van der Waals surface area contributed by atoms with Gasteiger partial charge < -0.3 is 0 Å². The van der Waals surface area contributed by atoms with Crippen LogP contribution in [0.25, 0.3) is 11.3 Å². The summed E-state index contributed by atoms with van der Waals surface area (Å²) in [6.07, 6.45) is -2.77. The fraction of sp³-hybridized carbons (Fsp3) is 0.318. The molecule has 0 aliphatic rings. The smallest absolute Gasteiger partial charge is 0.264 e. The Balaban J connectivity index is 1.92. The van der Waals surface area contributed by atoms with Crippen molar-refractivity contribution in [3.05, 3.63) is 82.0 Å². The Hall–Kier alpha value is -3.16. The lowest BCUT2D eigenvalue weighted by atomic mass is 9.76. The zero-order valence-electron chi connectivity index (χ0n) is 16.8. The van der Waals surface area contributed by atoms with Gasteiger partial charge in [-0.25, -0.2) is 0 Å². The maximum Gasteiger partial charge on any atom is 0.416 e. The first-order chi connectivity index (χ1) is 14.0. The number of nitro benzene ring substituents is 1. The second-order valence-electron chi connectivity index (χ2n) is 8.24. The molecule has 1 unspecified atom stereocenters. The molecule has 0 fully saturated rings. The summed E-state index contributed by atoms with van der Waals surface area (Å²) >= 11 is 0. The van der Waals surface area contributed by atoms with Gasteiger partial charge in [-0.15, -0.1) is 0 Å². The second-order valence-corrected chi connectivity index (χ2v) is 8.24. The first-order valence-corrected chi connectivity index (χ1v) is 9.40.